The first-order valence-electron chi connectivity index (χ1n) is 7.70. The molecule has 2 aromatic heterocycles. The molecule has 2 aromatic rings. The molecule has 1 saturated heterocycles. The summed E-state index contributed by atoms with van der Waals surface area (Å²) in [6, 6.07) is 5.41. The number of carbonyl (C=O) groups excluding carboxylic acids is 2. The molecule has 3 heterocycles. The number of amides is 2. The highest BCUT2D eigenvalue weighted by atomic mass is 16.3. The van der Waals surface area contributed by atoms with Crippen LogP contribution in [0.1, 0.15) is 19.1 Å². The van der Waals surface area contributed by atoms with Crippen LogP contribution in [0.4, 0.5) is 0 Å². The third kappa shape index (κ3) is 3.80. The molecule has 0 radical (unpaired) electrons. The van der Waals surface area contributed by atoms with Crippen LogP contribution < -0.4 is 5.32 Å². The van der Waals surface area contributed by atoms with E-state index in [-0.39, 0.29) is 30.2 Å². The van der Waals surface area contributed by atoms with E-state index in [9.17, 15) is 9.59 Å². The minimum Gasteiger partial charge on any atom is -0.467 e. The Hall–Kier alpha value is -2.57. The second kappa shape index (κ2) is 6.68. The molecule has 0 aliphatic carbocycles. The lowest BCUT2D eigenvalue weighted by molar-refractivity contribution is -0.129. The Morgan fingerprint density at radius 3 is 3.09 bits per heavy atom. The summed E-state index contributed by atoms with van der Waals surface area (Å²) in [5.74, 6) is 0.324. The van der Waals surface area contributed by atoms with Gasteiger partial charge >= 0.3 is 0 Å². The van der Waals surface area contributed by atoms with Crippen molar-refractivity contribution in [3.05, 3.63) is 42.6 Å². The Kier molecular flexibility index (Phi) is 4.45. The van der Waals surface area contributed by atoms with Crippen LogP contribution in [0.15, 0.2) is 41.3 Å². The average Bonchev–Trinajstić information content (AvgIpc) is 3.23. The zero-order valence-corrected chi connectivity index (χ0v) is 13.0. The second-order valence-electron chi connectivity index (χ2n) is 5.89. The van der Waals surface area contributed by atoms with E-state index in [0.717, 1.165) is 5.76 Å². The van der Waals surface area contributed by atoms with Gasteiger partial charge in [-0.2, -0.15) is 5.10 Å². The molecule has 2 amide bonds. The molecule has 2 unspecified atom stereocenters. The summed E-state index contributed by atoms with van der Waals surface area (Å²) < 4.78 is 7.03. The average molecular weight is 316 g/mol. The molecular formula is C16H20N4O3. The molecule has 0 aromatic carbocycles. The Morgan fingerprint density at radius 1 is 1.52 bits per heavy atom. The zero-order chi connectivity index (χ0) is 16.2. The molecule has 7 nitrogen and oxygen atoms in total. The molecular weight excluding hydrogens is 296 g/mol. The lowest BCUT2D eigenvalue weighted by Gasteiger charge is -2.18. The standard InChI is InChI=1S/C16H20N4O3/c1-12(9-20-6-3-5-17-20)18-16(22)13-8-15(21)19(10-13)11-14-4-2-7-23-14/h2-7,12-13H,8-11H2,1H3,(H,18,22). The summed E-state index contributed by atoms with van der Waals surface area (Å²) in [5.41, 5.74) is 0. The van der Waals surface area contributed by atoms with Gasteiger partial charge < -0.3 is 14.6 Å². The van der Waals surface area contributed by atoms with Gasteiger partial charge in [0.15, 0.2) is 0 Å². The first-order valence-corrected chi connectivity index (χ1v) is 7.70. The molecule has 1 N–H and O–H groups in total. The van der Waals surface area contributed by atoms with Crippen LogP contribution >= 0.6 is 0 Å². The lowest BCUT2D eigenvalue weighted by Crippen LogP contribution is -2.40. The van der Waals surface area contributed by atoms with Crippen LogP contribution in [0.5, 0.6) is 0 Å². The number of likely N-dealkylation sites (tertiary alicyclic amines) is 1. The predicted molar refractivity (Wildman–Crippen MR) is 82.1 cm³/mol. The highest BCUT2D eigenvalue weighted by molar-refractivity contribution is 5.89. The number of aromatic nitrogens is 2. The first-order chi connectivity index (χ1) is 11.1. The Labute approximate surface area is 134 Å². The minimum absolute atomic E-state index is 0.0127. The molecule has 1 fully saturated rings. The zero-order valence-electron chi connectivity index (χ0n) is 13.0. The van der Waals surface area contributed by atoms with E-state index in [0.29, 0.717) is 19.6 Å². The third-order valence-corrected chi connectivity index (χ3v) is 3.92. The van der Waals surface area contributed by atoms with Crippen molar-refractivity contribution in [3.63, 3.8) is 0 Å². The van der Waals surface area contributed by atoms with Crippen LogP contribution in [0.3, 0.4) is 0 Å². The van der Waals surface area contributed by atoms with Crippen molar-refractivity contribution in [2.45, 2.75) is 32.5 Å². The van der Waals surface area contributed by atoms with Gasteiger partial charge in [-0.1, -0.05) is 0 Å². The number of nitrogens with one attached hydrogen (secondary N) is 1. The van der Waals surface area contributed by atoms with E-state index in [2.05, 4.69) is 10.4 Å². The maximum Gasteiger partial charge on any atom is 0.225 e. The van der Waals surface area contributed by atoms with Crippen molar-refractivity contribution in [1.29, 1.82) is 0 Å². The van der Waals surface area contributed by atoms with Gasteiger partial charge in [0.1, 0.15) is 5.76 Å². The third-order valence-electron chi connectivity index (χ3n) is 3.92. The Balaban J connectivity index is 1.51. The normalized spacial score (nSPS) is 19.1. The van der Waals surface area contributed by atoms with Gasteiger partial charge in [0.2, 0.25) is 11.8 Å². The number of hydrogen-bond donors (Lipinski definition) is 1. The Morgan fingerprint density at radius 2 is 2.39 bits per heavy atom. The van der Waals surface area contributed by atoms with Gasteiger partial charge in [-0.15, -0.1) is 0 Å². The van der Waals surface area contributed by atoms with Crippen LogP contribution in [-0.2, 0) is 22.7 Å². The minimum atomic E-state index is -0.308. The van der Waals surface area contributed by atoms with Crippen molar-refractivity contribution in [2.75, 3.05) is 6.54 Å². The van der Waals surface area contributed by atoms with Crippen LogP contribution in [0, 0.1) is 5.92 Å². The van der Waals surface area contributed by atoms with Gasteiger partial charge in [0.05, 0.1) is 25.3 Å². The fraction of sp³-hybridized carbons (Fsp3) is 0.438. The first kappa shape index (κ1) is 15.3. The van der Waals surface area contributed by atoms with Crippen LogP contribution in [0.25, 0.3) is 0 Å². The summed E-state index contributed by atoms with van der Waals surface area (Å²) in [5, 5.41) is 7.08. The molecule has 2 atom stereocenters. The molecule has 0 spiro atoms. The van der Waals surface area contributed by atoms with Gasteiger partial charge in [-0.3, -0.25) is 14.3 Å². The fourth-order valence-electron chi connectivity index (χ4n) is 2.79. The SMILES string of the molecule is CC(Cn1cccn1)NC(=O)C1CC(=O)N(Cc2ccco2)C1. The smallest absolute Gasteiger partial charge is 0.225 e. The summed E-state index contributed by atoms with van der Waals surface area (Å²) in [6.07, 6.45) is 5.39. The van der Waals surface area contributed by atoms with Crippen molar-refractivity contribution in [2.24, 2.45) is 5.92 Å². The molecule has 1 aliphatic heterocycles. The van der Waals surface area contributed by atoms with Gasteiger partial charge in [-0.25, -0.2) is 0 Å². The molecule has 0 bridgehead atoms. The quantitative estimate of drug-likeness (QED) is 0.863. The largest absolute Gasteiger partial charge is 0.467 e. The van der Waals surface area contributed by atoms with Gasteiger partial charge in [0.25, 0.3) is 0 Å². The lowest BCUT2D eigenvalue weighted by atomic mass is 10.1. The van der Waals surface area contributed by atoms with E-state index in [4.69, 9.17) is 4.42 Å². The van der Waals surface area contributed by atoms with E-state index < -0.39 is 0 Å². The van der Waals surface area contributed by atoms with Crippen molar-refractivity contribution in [3.8, 4) is 0 Å². The monoisotopic (exact) mass is 316 g/mol. The molecule has 7 heteroatoms. The predicted octanol–water partition coefficient (Wildman–Crippen LogP) is 1.03. The molecule has 23 heavy (non-hydrogen) atoms. The number of carbonyl (C=O) groups is 2. The number of hydrogen-bond acceptors (Lipinski definition) is 4. The maximum atomic E-state index is 12.3. The number of rotatable bonds is 6. The highest BCUT2D eigenvalue weighted by Gasteiger charge is 2.34. The summed E-state index contributed by atoms with van der Waals surface area (Å²) in [6.45, 7) is 3.38. The van der Waals surface area contributed by atoms with E-state index in [1.54, 1.807) is 28.1 Å². The molecule has 122 valence electrons. The van der Waals surface area contributed by atoms with E-state index in [1.807, 2.05) is 25.3 Å². The fourth-order valence-corrected chi connectivity index (χ4v) is 2.79. The van der Waals surface area contributed by atoms with Gasteiger partial charge in [-0.05, 0) is 25.1 Å². The van der Waals surface area contributed by atoms with Crippen LogP contribution in [-0.4, -0.2) is 39.1 Å². The van der Waals surface area contributed by atoms with E-state index >= 15 is 0 Å². The summed E-state index contributed by atoms with van der Waals surface area (Å²) in [7, 11) is 0. The number of nitrogens with zero attached hydrogens (tertiary/aromatic N) is 3. The van der Waals surface area contributed by atoms with Crippen molar-refractivity contribution < 1.29 is 14.0 Å². The second-order valence-corrected chi connectivity index (χ2v) is 5.89. The van der Waals surface area contributed by atoms with Crippen molar-refractivity contribution in [1.82, 2.24) is 20.0 Å². The summed E-state index contributed by atoms with van der Waals surface area (Å²) >= 11 is 0. The molecule has 1 aliphatic rings. The summed E-state index contributed by atoms with van der Waals surface area (Å²) in [4.78, 5) is 26.1. The highest BCUT2D eigenvalue weighted by Crippen LogP contribution is 2.20. The van der Waals surface area contributed by atoms with E-state index in [1.165, 1.54) is 0 Å². The Bertz CT molecular complexity index is 651. The molecule has 3 rings (SSSR count). The number of furan rings is 1. The maximum absolute atomic E-state index is 12.3. The topological polar surface area (TPSA) is 80.4 Å². The van der Waals surface area contributed by atoms with Crippen LogP contribution in [0.2, 0.25) is 0 Å². The van der Waals surface area contributed by atoms with Gasteiger partial charge in [0, 0.05) is 31.4 Å². The molecule has 0 saturated carbocycles. The van der Waals surface area contributed by atoms with Crippen molar-refractivity contribution >= 4 is 11.8 Å².